The zero-order valence-corrected chi connectivity index (χ0v) is 12.4. The van der Waals surface area contributed by atoms with Gasteiger partial charge in [0, 0.05) is 6.42 Å². The van der Waals surface area contributed by atoms with Crippen molar-refractivity contribution in [2.45, 2.75) is 38.5 Å². The summed E-state index contributed by atoms with van der Waals surface area (Å²) in [5.74, 6) is 0.0128. The first-order valence-electron chi connectivity index (χ1n) is 6.86. The highest BCUT2D eigenvalue weighted by Gasteiger charge is 2.32. The first-order valence-corrected chi connectivity index (χ1v) is 7.74. The summed E-state index contributed by atoms with van der Waals surface area (Å²) in [6.45, 7) is 5.71. The molecule has 1 amide bonds. The second-order valence-electron chi connectivity index (χ2n) is 4.77. The number of carbonyl (C=O) groups excluding carboxylic acids is 2. The second-order valence-corrected chi connectivity index (χ2v) is 5.65. The van der Waals surface area contributed by atoms with E-state index in [1.807, 2.05) is 5.38 Å². The van der Waals surface area contributed by atoms with E-state index in [1.54, 1.807) is 13.0 Å². The lowest BCUT2D eigenvalue weighted by atomic mass is 10.1. The van der Waals surface area contributed by atoms with Crippen LogP contribution < -0.4 is 5.32 Å². The Kier molecular flexibility index (Phi) is 4.95. The Bertz CT molecular complexity index is 517. The van der Waals surface area contributed by atoms with Crippen LogP contribution in [-0.4, -0.2) is 18.5 Å². The lowest BCUT2D eigenvalue weighted by Crippen LogP contribution is -2.14. The number of allylic oxidation sites excluding steroid dienone is 1. The molecular formula is C15H19NO3S. The molecule has 0 spiro atoms. The van der Waals surface area contributed by atoms with Gasteiger partial charge in [-0.3, -0.25) is 4.79 Å². The maximum atomic E-state index is 12.1. The summed E-state index contributed by atoms with van der Waals surface area (Å²) in [5.41, 5.74) is 1.57. The zero-order valence-electron chi connectivity index (χ0n) is 11.6. The third kappa shape index (κ3) is 3.48. The largest absolute Gasteiger partial charge is 0.462 e. The van der Waals surface area contributed by atoms with Crippen molar-refractivity contribution >= 4 is 28.2 Å². The second kappa shape index (κ2) is 6.70. The fourth-order valence-electron chi connectivity index (χ4n) is 1.99. The number of rotatable bonds is 7. The molecule has 1 heterocycles. The quantitative estimate of drug-likeness (QED) is 0.616. The van der Waals surface area contributed by atoms with Gasteiger partial charge in [-0.15, -0.1) is 17.9 Å². The van der Waals surface area contributed by atoms with Crippen molar-refractivity contribution in [3.05, 3.63) is 29.2 Å². The van der Waals surface area contributed by atoms with E-state index in [0.29, 0.717) is 35.9 Å². The van der Waals surface area contributed by atoms with Gasteiger partial charge < -0.3 is 10.1 Å². The van der Waals surface area contributed by atoms with Crippen LogP contribution in [0.2, 0.25) is 0 Å². The molecule has 0 aliphatic heterocycles. The molecule has 0 bridgehead atoms. The molecule has 1 saturated carbocycles. The molecule has 108 valence electrons. The number of hydrogen-bond acceptors (Lipinski definition) is 4. The molecule has 1 aliphatic carbocycles. The molecule has 4 nitrogen and oxygen atoms in total. The first kappa shape index (κ1) is 14.8. The molecule has 0 atom stereocenters. The maximum absolute atomic E-state index is 12.1. The molecule has 1 aromatic rings. The summed E-state index contributed by atoms with van der Waals surface area (Å²) >= 11 is 1.40. The predicted octanol–water partition coefficient (Wildman–Crippen LogP) is 3.71. The molecule has 1 aliphatic rings. The molecule has 0 aromatic carbocycles. The minimum Gasteiger partial charge on any atom is -0.462 e. The molecule has 5 heteroatoms. The van der Waals surface area contributed by atoms with Crippen LogP contribution in [0.3, 0.4) is 0 Å². The van der Waals surface area contributed by atoms with Crippen LogP contribution in [0, 0.1) is 0 Å². The van der Waals surface area contributed by atoms with Crippen LogP contribution >= 0.6 is 11.3 Å². The molecule has 0 unspecified atom stereocenters. The van der Waals surface area contributed by atoms with Gasteiger partial charge in [-0.25, -0.2) is 4.79 Å². The van der Waals surface area contributed by atoms with Crippen LogP contribution in [0.1, 0.15) is 54.4 Å². The Morgan fingerprint density at radius 3 is 2.90 bits per heavy atom. The lowest BCUT2D eigenvalue weighted by molar-refractivity contribution is -0.116. The number of esters is 1. The van der Waals surface area contributed by atoms with Gasteiger partial charge in [-0.2, -0.15) is 0 Å². The smallest absolute Gasteiger partial charge is 0.341 e. The first-order chi connectivity index (χ1) is 9.67. The fraction of sp³-hybridized carbons (Fsp3) is 0.467. The summed E-state index contributed by atoms with van der Waals surface area (Å²) < 4.78 is 5.11. The van der Waals surface area contributed by atoms with E-state index in [-0.39, 0.29) is 11.9 Å². The van der Waals surface area contributed by atoms with Gasteiger partial charge in [-0.05, 0) is 43.0 Å². The minimum atomic E-state index is -0.338. The van der Waals surface area contributed by atoms with E-state index in [4.69, 9.17) is 4.74 Å². The number of ether oxygens (including phenoxy) is 1. The van der Waals surface area contributed by atoms with E-state index in [2.05, 4.69) is 11.9 Å². The molecule has 1 aromatic heterocycles. The highest BCUT2D eigenvalue weighted by molar-refractivity contribution is 7.15. The van der Waals surface area contributed by atoms with Crippen molar-refractivity contribution in [3.8, 4) is 0 Å². The molecule has 0 radical (unpaired) electrons. The topological polar surface area (TPSA) is 55.4 Å². The van der Waals surface area contributed by atoms with Crippen LogP contribution in [0.5, 0.6) is 0 Å². The van der Waals surface area contributed by atoms with Crippen LogP contribution in [0.15, 0.2) is 18.0 Å². The summed E-state index contributed by atoms with van der Waals surface area (Å²) in [7, 11) is 0. The summed E-state index contributed by atoms with van der Waals surface area (Å²) in [6.07, 6.45) is 4.92. The van der Waals surface area contributed by atoms with Gasteiger partial charge in [0.05, 0.1) is 12.2 Å². The van der Waals surface area contributed by atoms with Crippen molar-refractivity contribution in [1.82, 2.24) is 0 Å². The van der Waals surface area contributed by atoms with Crippen LogP contribution in [0.4, 0.5) is 5.00 Å². The molecule has 1 fully saturated rings. The third-order valence-electron chi connectivity index (χ3n) is 3.14. The van der Waals surface area contributed by atoms with Crippen molar-refractivity contribution in [2.75, 3.05) is 11.9 Å². The normalized spacial score (nSPS) is 13.8. The van der Waals surface area contributed by atoms with Crippen molar-refractivity contribution in [2.24, 2.45) is 0 Å². The molecule has 1 N–H and O–H groups in total. The van der Waals surface area contributed by atoms with Gasteiger partial charge in [0.2, 0.25) is 5.91 Å². The van der Waals surface area contributed by atoms with Crippen LogP contribution in [-0.2, 0) is 9.53 Å². The van der Waals surface area contributed by atoms with Gasteiger partial charge in [0.25, 0.3) is 0 Å². The van der Waals surface area contributed by atoms with E-state index >= 15 is 0 Å². The van der Waals surface area contributed by atoms with E-state index in [9.17, 15) is 9.59 Å². The molecule has 20 heavy (non-hydrogen) atoms. The van der Waals surface area contributed by atoms with Crippen molar-refractivity contribution in [1.29, 1.82) is 0 Å². The third-order valence-corrected chi connectivity index (χ3v) is 4.06. The van der Waals surface area contributed by atoms with E-state index < -0.39 is 0 Å². The van der Waals surface area contributed by atoms with Gasteiger partial charge in [0.15, 0.2) is 0 Å². The summed E-state index contributed by atoms with van der Waals surface area (Å²) in [6, 6.07) is 0. The van der Waals surface area contributed by atoms with Crippen molar-refractivity contribution < 1.29 is 14.3 Å². The summed E-state index contributed by atoms with van der Waals surface area (Å²) in [4.78, 5) is 23.9. The number of amides is 1. The Morgan fingerprint density at radius 2 is 2.30 bits per heavy atom. The average Bonchev–Trinajstić information content (AvgIpc) is 3.18. The van der Waals surface area contributed by atoms with Crippen LogP contribution in [0.25, 0.3) is 0 Å². The fourth-order valence-corrected chi connectivity index (χ4v) is 3.04. The van der Waals surface area contributed by atoms with Gasteiger partial charge in [0.1, 0.15) is 5.00 Å². The highest BCUT2D eigenvalue weighted by atomic mass is 32.1. The predicted molar refractivity (Wildman–Crippen MR) is 80.3 cm³/mol. The van der Waals surface area contributed by atoms with E-state index in [0.717, 1.165) is 18.4 Å². The summed E-state index contributed by atoms with van der Waals surface area (Å²) in [5, 5.41) is 5.39. The molecular weight excluding hydrogens is 274 g/mol. The average molecular weight is 293 g/mol. The van der Waals surface area contributed by atoms with E-state index in [1.165, 1.54) is 11.3 Å². The minimum absolute atomic E-state index is 0.0976. The van der Waals surface area contributed by atoms with Crippen molar-refractivity contribution in [3.63, 3.8) is 0 Å². The number of nitrogens with one attached hydrogen (secondary N) is 1. The Morgan fingerprint density at radius 1 is 1.55 bits per heavy atom. The number of carbonyl (C=O) groups is 2. The Labute approximate surface area is 122 Å². The Balaban J connectivity index is 2.17. The molecule has 2 rings (SSSR count). The zero-order chi connectivity index (χ0) is 14.5. The SMILES string of the molecule is C=CCCC(=O)Nc1scc(C2CC2)c1C(=O)OCC. The lowest BCUT2D eigenvalue weighted by Gasteiger charge is -2.07. The Hall–Kier alpha value is -1.62. The highest BCUT2D eigenvalue weighted by Crippen LogP contribution is 2.46. The monoisotopic (exact) mass is 293 g/mol. The van der Waals surface area contributed by atoms with Gasteiger partial charge >= 0.3 is 5.97 Å². The number of anilines is 1. The van der Waals surface area contributed by atoms with Gasteiger partial charge in [-0.1, -0.05) is 6.08 Å². The number of hydrogen-bond donors (Lipinski definition) is 1. The number of thiophene rings is 1. The standard InChI is InChI=1S/C15H19NO3S/c1-3-5-6-12(17)16-14-13(15(18)19-4-2)11(9-20-14)10-7-8-10/h3,9-10H,1,4-8H2,2H3,(H,16,17). The maximum Gasteiger partial charge on any atom is 0.341 e. The molecule has 0 saturated heterocycles.